The standard InChI is InChI=1S/C27H25FN6O3/c1-16-4-2-7-19(12-16)34-25(15-22(33-34)17-5-3-6-17)32-27(36)31-18-8-9-24(21(28)13-18)37-20-10-11-30-23(14-20)26(29)35/h2,4,7-15,17H,3,5-6H2,1H3,(H2,29,35)(H2,31,32,36). The molecule has 1 saturated carbocycles. The lowest BCUT2D eigenvalue weighted by atomic mass is 9.83. The van der Waals surface area contributed by atoms with Crippen molar-refractivity contribution in [2.45, 2.75) is 32.1 Å². The van der Waals surface area contributed by atoms with E-state index in [0.717, 1.165) is 35.9 Å². The van der Waals surface area contributed by atoms with Gasteiger partial charge in [-0.25, -0.2) is 13.9 Å². The van der Waals surface area contributed by atoms with E-state index in [1.54, 1.807) is 4.68 Å². The van der Waals surface area contributed by atoms with Crippen LogP contribution in [0, 0.1) is 12.7 Å². The van der Waals surface area contributed by atoms with E-state index < -0.39 is 17.8 Å². The highest BCUT2D eigenvalue weighted by molar-refractivity contribution is 5.99. The summed E-state index contributed by atoms with van der Waals surface area (Å²) in [5, 5.41) is 10.2. The number of halogens is 1. The van der Waals surface area contributed by atoms with E-state index >= 15 is 0 Å². The maximum atomic E-state index is 14.7. The van der Waals surface area contributed by atoms with E-state index in [2.05, 4.69) is 15.6 Å². The van der Waals surface area contributed by atoms with Crippen LogP contribution in [0.1, 0.15) is 46.9 Å². The SMILES string of the molecule is Cc1cccc(-n2nc(C3CCC3)cc2NC(=O)Nc2ccc(Oc3ccnc(C(N)=O)c3)c(F)c2)c1. The van der Waals surface area contributed by atoms with Gasteiger partial charge in [0, 0.05) is 36.0 Å². The van der Waals surface area contributed by atoms with Crippen molar-refractivity contribution in [1.29, 1.82) is 0 Å². The molecule has 1 aliphatic carbocycles. The quantitative estimate of drug-likeness (QED) is 0.308. The van der Waals surface area contributed by atoms with Crippen LogP contribution in [-0.2, 0) is 0 Å². The number of primary amides is 1. The van der Waals surface area contributed by atoms with Crippen molar-refractivity contribution in [3.63, 3.8) is 0 Å². The number of pyridine rings is 1. The van der Waals surface area contributed by atoms with Gasteiger partial charge in [-0.15, -0.1) is 0 Å². The normalized spacial score (nSPS) is 13.0. The van der Waals surface area contributed by atoms with Crippen LogP contribution in [0.4, 0.5) is 20.7 Å². The first-order valence-electron chi connectivity index (χ1n) is 11.8. The molecule has 10 heteroatoms. The van der Waals surface area contributed by atoms with E-state index in [0.29, 0.717) is 11.7 Å². The van der Waals surface area contributed by atoms with Crippen LogP contribution in [-0.4, -0.2) is 26.7 Å². The molecule has 4 aromatic rings. The molecule has 9 nitrogen and oxygen atoms in total. The number of aromatic nitrogens is 3. The van der Waals surface area contributed by atoms with Crippen LogP contribution in [0.25, 0.3) is 5.69 Å². The molecule has 0 spiro atoms. The van der Waals surface area contributed by atoms with Crippen LogP contribution >= 0.6 is 0 Å². The van der Waals surface area contributed by atoms with Gasteiger partial charge in [0.05, 0.1) is 11.4 Å². The Labute approximate surface area is 212 Å². The summed E-state index contributed by atoms with van der Waals surface area (Å²) < 4.78 is 21.9. The molecule has 2 heterocycles. The topological polar surface area (TPSA) is 124 Å². The van der Waals surface area contributed by atoms with E-state index in [1.165, 1.54) is 36.9 Å². The number of benzene rings is 2. The lowest BCUT2D eigenvalue weighted by Gasteiger charge is -2.22. The molecule has 5 rings (SSSR count). The van der Waals surface area contributed by atoms with Gasteiger partial charge in [0.15, 0.2) is 11.6 Å². The fraction of sp³-hybridized carbons (Fsp3) is 0.185. The predicted molar refractivity (Wildman–Crippen MR) is 137 cm³/mol. The number of aryl methyl sites for hydroxylation is 1. The van der Waals surface area contributed by atoms with Crippen molar-refractivity contribution >= 4 is 23.4 Å². The lowest BCUT2D eigenvalue weighted by Crippen LogP contribution is -2.21. The Bertz CT molecular complexity index is 1480. The Balaban J connectivity index is 1.31. The third kappa shape index (κ3) is 5.43. The monoisotopic (exact) mass is 500 g/mol. The van der Waals surface area contributed by atoms with Crippen LogP contribution < -0.4 is 21.1 Å². The summed E-state index contributed by atoms with van der Waals surface area (Å²) in [6, 6.07) is 16.0. The molecular formula is C27H25FN6O3. The summed E-state index contributed by atoms with van der Waals surface area (Å²) in [5.74, 6) is -0.403. The summed E-state index contributed by atoms with van der Waals surface area (Å²) in [5.41, 5.74) is 8.30. The molecule has 3 amide bonds. The second kappa shape index (κ2) is 10.1. The van der Waals surface area contributed by atoms with E-state index in [-0.39, 0.29) is 22.9 Å². The molecule has 0 bridgehead atoms. The summed E-state index contributed by atoms with van der Waals surface area (Å²) in [4.78, 5) is 27.9. The van der Waals surface area contributed by atoms with Crippen LogP contribution in [0.3, 0.4) is 0 Å². The van der Waals surface area contributed by atoms with E-state index in [1.807, 2.05) is 37.3 Å². The Kier molecular flexibility index (Phi) is 6.55. The number of rotatable bonds is 7. The van der Waals surface area contributed by atoms with Gasteiger partial charge in [-0.05, 0) is 55.7 Å². The average Bonchev–Trinajstić information content (AvgIpc) is 3.22. The third-order valence-electron chi connectivity index (χ3n) is 6.14. The van der Waals surface area contributed by atoms with Gasteiger partial charge in [0.1, 0.15) is 17.3 Å². The number of anilines is 2. The van der Waals surface area contributed by atoms with Gasteiger partial charge >= 0.3 is 6.03 Å². The zero-order valence-electron chi connectivity index (χ0n) is 20.1. The Hall–Kier alpha value is -4.73. The first-order valence-corrected chi connectivity index (χ1v) is 11.8. The number of hydrogen-bond donors (Lipinski definition) is 3. The van der Waals surface area contributed by atoms with Gasteiger partial charge in [-0.1, -0.05) is 18.6 Å². The maximum absolute atomic E-state index is 14.7. The highest BCUT2D eigenvalue weighted by Crippen LogP contribution is 2.37. The first kappa shape index (κ1) is 24.0. The number of hydrogen-bond acceptors (Lipinski definition) is 5. The zero-order valence-corrected chi connectivity index (χ0v) is 20.1. The number of nitrogens with one attached hydrogen (secondary N) is 2. The lowest BCUT2D eigenvalue weighted by molar-refractivity contribution is 0.0995. The maximum Gasteiger partial charge on any atom is 0.324 e. The molecule has 1 aliphatic rings. The molecule has 188 valence electrons. The molecule has 0 atom stereocenters. The molecule has 0 saturated heterocycles. The fourth-order valence-corrected chi connectivity index (χ4v) is 4.02. The number of ether oxygens (including phenoxy) is 1. The first-order chi connectivity index (χ1) is 17.9. The molecule has 1 fully saturated rings. The molecule has 37 heavy (non-hydrogen) atoms. The number of urea groups is 1. The number of amides is 3. The summed E-state index contributed by atoms with van der Waals surface area (Å²) in [6.45, 7) is 1.99. The van der Waals surface area contributed by atoms with Crippen molar-refractivity contribution in [2.75, 3.05) is 10.6 Å². The molecule has 2 aromatic carbocycles. The highest BCUT2D eigenvalue weighted by atomic mass is 19.1. The minimum Gasteiger partial charge on any atom is -0.454 e. The van der Waals surface area contributed by atoms with Gasteiger partial charge in [0.2, 0.25) is 0 Å². The number of carbonyl (C=O) groups excluding carboxylic acids is 2. The highest BCUT2D eigenvalue weighted by Gasteiger charge is 2.24. The number of carbonyl (C=O) groups is 2. The van der Waals surface area contributed by atoms with Crippen LogP contribution in [0.2, 0.25) is 0 Å². The van der Waals surface area contributed by atoms with Gasteiger partial charge < -0.3 is 15.8 Å². The van der Waals surface area contributed by atoms with Crippen LogP contribution in [0.15, 0.2) is 66.9 Å². The molecule has 0 radical (unpaired) electrons. The summed E-state index contributed by atoms with van der Waals surface area (Å²) in [6.07, 6.45) is 4.66. The van der Waals surface area contributed by atoms with Crippen LogP contribution in [0.5, 0.6) is 11.5 Å². The minimum atomic E-state index is -0.722. The fourth-order valence-electron chi connectivity index (χ4n) is 4.02. The predicted octanol–water partition coefficient (Wildman–Crippen LogP) is 5.52. The van der Waals surface area contributed by atoms with Gasteiger partial charge in [-0.2, -0.15) is 5.10 Å². The molecule has 2 aromatic heterocycles. The number of nitrogens with zero attached hydrogens (tertiary/aromatic N) is 3. The van der Waals surface area contributed by atoms with Crippen molar-refractivity contribution < 1.29 is 18.7 Å². The average molecular weight is 501 g/mol. The summed E-state index contributed by atoms with van der Waals surface area (Å²) >= 11 is 0. The third-order valence-corrected chi connectivity index (χ3v) is 6.14. The largest absolute Gasteiger partial charge is 0.454 e. The molecule has 0 unspecified atom stereocenters. The Morgan fingerprint density at radius 3 is 2.62 bits per heavy atom. The minimum absolute atomic E-state index is 0.00163. The molecule has 0 aliphatic heterocycles. The van der Waals surface area contributed by atoms with E-state index in [9.17, 15) is 14.0 Å². The van der Waals surface area contributed by atoms with Crippen molar-refractivity contribution in [2.24, 2.45) is 5.73 Å². The van der Waals surface area contributed by atoms with Crippen molar-refractivity contribution in [3.05, 3.63) is 89.6 Å². The number of nitrogens with two attached hydrogens (primary N) is 1. The van der Waals surface area contributed by atoms with Crippen molar-refractivity contribution in [1.82, 2.24) is 14.8 Å². The van der Waals surface area contributed by atoms with Gasteiger partial charge in [0.25, 0.3) is 5.91 Å². The van der Waals surface area contributed by atoms with Crippen molar-refractivity contribution in [3.8, 4) is 17.2 Å². The second-order valence-corrected chi connectivity index (χ2v) is 8.90. The molecule has 4 N–H and O–H groups in total. The summed E-state index contributed by atoms with van der Waals surface area (Å²) in [7, 11) is 0. The Morgan fingerprint density at radius 1 is 1.08 bits per heavy atom. The van der Waals surface area contributed by atoms with Gasteiger partial charge in [-0.3, -0.25) is 15.1 Å². The Morgan fingerprint density at radius 2 is 1.92 bits per heavy atom. The molecular weight excluding hydrogens is 475 g/mol. The zero-order chi connectivity index (χ0) is 25.9. The smallest absolute Gasteiger partial charge is 0.324 e. The second-order valence-electron chi connectivity index (χ2n) is 8.90. The van der Waals surface area contributed by atoms with E-state index in [4.69, 9.17) is 15.6 Å².